The van der Waals surface area contributed by atoms with Gasteiger partial charge in [0.2, 0.25) is 0 Å². The summed E-state index contributed by atoms with van der Waals surface area (Å²) in [6, 6.07) is 6.00. The minimum atomic E-state index is 0.595. The zero-order valence-corrected chi connectivity index (χ0v) is 8.09. The van der Waals surface area contributed by atoms with E-state index in [4.69, 9.17) is 11.1 Å². The minimum Gasteiger partial charge on any atom is -0.398 e. The third-order valence-electron chi connectivity index (χ3n) is 2.80. The number of anilines is 1. The lowest BCUT2D eigenvalue weighted by atomic mass is 9.96. The number of rotatable bonds is 2. The van der Waals surface area contributed by atoms with Crippen molar-refractivity contribution in [3.05, 3.63) is 29.3 Å². The molecule has 1 aliphatic heterocycles. The Labute approximate surface area is 83.8 Å². The number of hydrogen-bond acceptors (Lipinski definition) is 3. The molecule has 0 aliphatic carbocycles. The lowest BCUT2D eigenvalue weighted by Crippen LogP contribution is -2.08. The van der Waals surface area contributed by atoms with Crippen molar-refractivity contribution in [1.82, 2.24) is 5.32 Å². The van der Waals surface area contributed by atoms with Crippen LogP contribution < -0.4 is 11.1 Å². The summed E-state index contributed by atoms with van der Waals surface area (Å²) in [4.78, 5) is 0. The van der Waals surface area contributed by atoms with E-state index in [0.717, 1.165) is 18.7 Å². The van der Waals surface area contributed by atoms with Gasteiger partial charge in [0.15, 0.2) is 0 Å². The monoisotopic (exact) mass is 189 g/mol. The highest BCUT2D eigenvalue weighted by Crippen LogP contribution is 2.24. The van der Waals surface area contributed by atoms with Crippen molar-refractivity contribution in [1.29, 1.82) is 5.41 Å². The normalized spacial score (nSPS) is 21.0. The molecule has 1 aromatic carbocycles. The molecule has 0 aromatic heterocycles. The number of nitrogens with two attached hydrogens (primary N) is 1. The summed E-state index contributed by atoms with van der Waals surface area (Å²) in [6.45, 7) is 2.14. The zero-order valence-electron chi connectivity index (χ0n) is 8.09. The van der Waals surface area contributed by atoms with Crippen LogP contribution >= 0.6 is 0 Å². The molecule has 1 fully saturated rings. The fourth-order valence-corrected chi connectivity index (χ4v) is 1.92. The van der Waals surface area contributed by atoms with E-state index in [0.29, 0.717) is 11.6 Å². The smallest absolute Gasteiger partial charge is 0.0405 e. The van der Waals surface area contributed by atoms with E-state index in [2.05, 4.69) is 11.4 Å². The molecule has 4 N–H and O–H groups in total. The molecule has 1 atom stereocenters. The van der Waals surface area contributed by atoms with Crippen LogP contribution in [0.4, 0.5) is 5.69 Å². The fourth-order valence-electron chi connectivity index (χ4n) is 1.92. The van der Waals surface area contributed by atoms with Gasteiger partial charge in [0.1, 0.15) is 0 Å². The quantitative estimate of drug-likeness (QED) is 0.485. The average molecular weight is 189 g/mol. The van der Waals surface area contributed by atoms with E-state index in [9.17, 15) is 0 Å². The molecule has 0 spiro atoms. The molecule has 14 heavy (non-hydrogen) atoms. The highest BCUT2D eigenvalue weighted by Gasteiger charge is 2.16. The summed E-state index contributed by atoms with van der Waals surface area (Å²) < 4.78 is 0. The highest BCUT2D eigenvalue weighted by atomic mass is 14.9. The number of benzene rings is 1. The van der Waals surface area contributed by atoms with E-state index in [1.807, 2.05) is 12.1 Å². The summed E-state index contributed by atoms with van der Waals surface area (Å²) in [5.41, 5.74) is 8.64. The maximum atomic E-state index is 7.15. The molecule has 2 rings (SSSR count). The van der Waals surface area contributed by atoms with Gasteiger partial charge in [-0.25, -0.2) is 0 Å². The molecule has 1 saturated heterocycles. The van der Waals surface area contributed by atoms with Crippen LogP contribution in [-0.4, -0.2) is 19.3 Å². The summed E-state index contributed by atoms with van der Waals surface area (Å²) >= 11 is 0. The first-order valence-electron chi connectivity index (χ1n) is 4.92. The van der Waals surface area contributed by atoms with Crippen molar-refractivity contribution < 1.29 is 0 Å². The maximum Gasteiger partial charge on any atom is 0.0405 e. The van der Waals surface area contributed by atoms with Crippen LogP contribution in [0.5, 0.6) is 0 Å². The molecule has 0 bridgehead atoms. The largest absolute Gasteiger partial charge is 0.398 e. The summed E-state index contributed by atoms with van der Waals surface area (Å²) in [5.74, 6) is 0.595. The van der Waals surface area contributed by atoms with Gasteiger partial charge in [0.05, 0.1) is 0 Å². The van der Waals surface area contributed by atoms with E-state index in [1.54, 1.807) is 0 Å². The molecule has 74 valence electrons. The Bertz CT molecular complexity index is 340. The second kappa shape index (κ2) is 3.80. The van der Waals surface area contributed by atoms with Crippen molar-refractivity contribution in [2.45, 2.75) is 12.3 Å². The number of hydrogen-bond donors (Lipinski definition) is 3. The fraction of sp³-hybridized carbons (Fsp3) is 0.364. The van der Waals surface area contributed by atoms with Crippen molar-refractivity contribution >= 4 is 11.9 Å². The Morgan fingerprint density at radius 2 is 2.36 bits per heavy atom. The second-order valence-corrected chi connectivity index (χ2v) is 3.72. The van der Waals surface area contributed by atoms with Crippen LogP contribution in [0.2, 0.25) is 0 Å². The third kappa shape index (κ3) is 1.63. The Morgan fingerprint density at radius 3 is 2.93 bits per heavy atom. The molecule has 1 unspecified atom stereocenters. The third-order valence-corrected chi connectivity index (χ3v) is 2.80. The molecule has 3 heteroatoms. The average Bonchev–Trinajstić information content (AvgIpc) is 2.70. The molecular weight excluding hydrogens is 174 g/mol. The molecule has 3 nitrogen and oxygen atoms in total. The van der Waals surface area contributed by atoms with Gasteiger partial charge in [-0.1, -0.05) is 12.1 Å². The molecule has 0 amide bonds. The van der Waals surface area contributed by atoms with Crippen molar-refractivity contribution in [3.63, 3.8) is 0 Å². The summed E-state index contributed by atoms with van der Waals surface area (Å²) in [6.07, 6.45) is 2.48. The summed E-state index contributed by atoms with van der Waals surface area (Å²) in [7, 11) is 0. The van der Waals surface area contributed by atoms with Gasteiger partial charge < -0.3 is 16.5 Å². The van der Waals surface area contributed by atoms with E-state index in [-0.39, 0.29) is 0 Å². The highest BCUT2D eigenvalue weighted by molar-refractivity contribution is 5.85. The topological polar surface area (TPSA) is 61.9 Å². The first kappa shape index (κ1) is 9.21. The van der Waals surface area contributed by atoms with Crippen LogP contribution in [0.1, 0.15) is 23.5 Å². The van der Waals surface area contributed by atoms with E-state index < -0.39 is 0 Å². The molecule has 1 aliphatic rings. The molecule has 1 heterocycles. The van der Waals surface area contributed by atoms with Gasteiger partial charge in [-0.15, -0.1) is 0 Å². The SMILES string of the molecule is N=Cc1ccc(C2CCNC2)cc1N. The lowest BCUT2D eigenvalue weighted by Gasteiger charge is -2.10. The Hall–Kier alpha value is -1.35. The standard InChI is InChI=1S/C11H15N3/c12-6-9-2-1-8(5-11(9)13)10-3-4-14-7-10/h1-2,5-6,10,12,14H,3-4,7,13H2. The van der Waals surface area contributed by atoms with Crippen molar-refractivity contribution in [2.24, 2.45) is 0 Å². The zero-order chi connectivity index (χ0) is 9.97. The molecule has 1 aromatic rings. The van der Waals surface area contributed by atoms with Crippen LogP contribution in [0, 0.1) is 5.41 Å². The Morgan fingerprint density at radius 1 is 1.50 bits per heavy atom. The second-order valence-electron chi connectivity index (χ2n) is 3.72. The van der Waals surface area contributed by atoms with Gasteiger partial charge in [0.25, 0.3) is 0 Å². The Kier molecular flexibility index (Phi) is 2.50. The Balaban J connectivity index is 2.27. The van der Waals surface area contributed by atoms with Gasteiger partial charge in [-0.2, -0.15) is 0 Å². The molecular formula is C11H15N3. The number of nitrogen functional groups attached to an aromatic ring is 1. The van der Waals surface area contributed by atoms with Crippen LogP contribution in [0.3, 0.4) is 0 Å². The van der Waals surface area contributed by atoms with Crippen LogP contribution in [0.25, 0.3) is 0 Å². The molecule has 0 radical (unpaired) electrons. The predicted molar refractivity (Wildman–Crippen MR) is 59.0 cm³/mol. The van der Waals surface area contributed by atoms with E-state index in [1.165, 1.54) is 18.2 Å². The van der Waals surface area contributed by atoms with Crippen molar-refractivity contribution in [3.8, 4) is 0 Å². The number of nitrogens with one attached hydrogen (secondary N) is 2. The van der Waals surface area contributed by atoms with Crippen molar-refractivity contribution in [2.75, 3.05) is 18.8 Å². The minimum absolute atomic E-state index is 0.595. The summed E-state index contributed by atoms with van der Waals surface area (Å²) in [5, 5.41) is 10.5. The lowest BCUT2D eigenvalue weighted by molar-refractivity contribution is 0.764. The van der Waals surface area contributed by atoms with Gasteiger partial charge in [-0.05, 0) is 30.5 Å². The van der Waals surface area contributed by atoms with Crippen LogP contribution in [-0.2, 0) is 0 Å². The van der Waals surface area contributed by atoms with E-state index >= 15 is 0 Å². The molecule has 0 saturated carbocycles. The van der Waals surface area contributed by atoms with Gasteiger partial charge in [-0.3, -0.25) is 0 Å². The predicted octanol–water partition coefficient (Wildman–Crippen LogP) is 1.34. The van der Waals surface area contributed by atoms with Gasteiger partial charge in [0, 0.05) is 24.0 Å². The van der Waals surface area contributed by atoms with Gasteiger partial charge >= 0.3 is 0 Å². The van der Waals surface area contributed by atoms with Crippen LogP contribution in [0.15, 0.2) is 18.2 Å². The first-order chi connectivity index (χ1) is 6.81. The first-order valence-corrected chi connectivity index (χ1v) is 4.92. The maximum absolute atomic E-state index is 7.15.